The van der Waals surface area contributed by atoms with Crippen LogP contribution < -0.4 is 0 Å². The molecule has 0 radical (unpaired) electrons. The number of benzene rings is 1. The van der Waals surface area contributed by atoms with Gasteiger partial charge in [-0.2, -0.15) is 0 Å². The van der Waals surface area contributed by atoms with E-state index in [1.807, 2.05) is 13.0 Å². The van der Waals surface area contributed by atoms with Crippen molar-refractivity contribution >= 4 is 58.8 Å². The van der Waals surface area contributed by atoms with Gasteiger partial charge in [0.2, 0.25) is 0 Å². The van der Waals surface area contributed by atoms with Crippen LogP contribution in [-0.2, 0) is 9.84 Å². The van der Waals surface area contributed by atoms with E-state index in [1.54, 1.807) is 18.2 Å². The molecular weight excluding hydrogens is 428 g/mol. The Balaban J connectivity index is 2.29. The molecule has 0 spiro atoms. The lowest BCUT2D eigenvalue weighted by Gasteiger charge is -2.04. The number of carbonyl (C=O) groups excluding carboxylic acids is 1. The summed E-state index contributed by atoms with van der Waals surface area (Å²) in [5, 5.41) is 0. The Labute approximate surface area is 138 Å². The van der Waals surface area contributed by atoms with Crippen LogP contribution in [0.2, 0.25) is 0 Å². The standard InChI is InChI=1S/C13H10Br2O3S2/c1-8-3-2-4-9(5-8)20(17,18)7-11(16)10-6-12(14)19-13(10)15/h2-6H,7H2,1H3. The van der Waals surface area contributed by atoms with Gasteiger partial charge in [0.15, 0.2) is 15.6 Å². The fraction of sp³-hybridized carbons (Fsp3) is 0.154. The molecule has 0 N–H and O–H groups in total. The Kier molecular flexibility index (Phi) is 4.84. The van der Waals surface area contributed by atoms with Gasteiger partial charge >= 0.3 is 0 Å². The Morgan fingerprint density at radius 1 is 1.25 bits per heavy atom. The Morgan fingerprint density at radius 2 is 1.95 bits per heavy atom. The van der Waals surface area contributed by atoms with Crippen LogP contribution in [0.4, 0.5) is 0 Å². The van der Waals surface area contributed by atoms with Crippen LogP contribution in [-0.4, -0.2) is 20.0 Å². The second-order valence-corrected chi connectivity index (χ2v) is 9.98. The molecule has 0 saturated heterocycles. The first-order chi connectivity index (χ1) is 9.29. The van der Waals surface area contributed by atoms with Crippen LogP contribution in [0.25, 0.3) is 0 Å². The minimum absolute atomic E-state index is 0.177. The summed E-state index contributed by atoms with van der Waals surface area (Å²) in [5.41, 5.74) is 1.23. The molecule has 0 saturated carbocycles. The van der Waals surface area contributed by atoms with E-state index < -0.39 is 21.4 Å². The van der Waals surface area contributed by atoms with Gasteiger partial charge in [-0.3, -0.25) is 4.79 Å². The van der Waals surface area contributed by atoms with Crippen molar-refractivity contribution in [3.05, 3.63) is 49.0 Å². The van der Waals surface area contributed by atoms with E-state index in [2.05, 4.69) is 31.9 Å². The largest absolute Gasteiger partial charge is 0.293 e. The van der Waals surface area contributed by atoms with Gasteiger partial charge in [0.1, 0.15) is 5.75 Å². The number of carbonyl (C=O) groups is 1. The number of rotatable bonds is 4. The number of Topliss-reactive ketones (excluding diaryl/α,β-unsaturated/α-hetero) is 1. The van der Waals surface area contributed by atoms with Crippen LogP contribution >= 0.6 is 43.2 Å². The summed E-state index contributed by atoms with van der Waals surface area (Å²) in [7, 11) is -3.62. The maximum Gasteiger partial charge on any atom is 0.185 e. The SMILES string of the molecule is Cc1cccc(S(=O)(=O)CC(=O)c2cc(Br)sc2Br)c1. The van der Waals surface area contributed by atoms with Gasteiger partial charge in [-0.25, -0.2) is 8.42 Å². The molecule has 1 heterocycles. The molecule has 20 heavy (non-hydrogen) atoms. The molecule has 3 nitrogen and oxygen atoms in total. The number of hydrogen-bond donors (Lipinski definition) is 0. The predicted molar refractivity (Wildman–Crippen MR) is 87.3 cm³/mol. The van der Waals surface area contributed by atoms with Crippen LogP contribution in [0.15, 0.2) is 42.8 Å². The van der Waals surface area contributed by atoms with Crippen LogP contribution in [0.3, 0.4) is 0 Å². The van der Waals surface area contributed by atoms with Crippen molar-refractivity contribution in [3.8, 4) is 0 Å². The van der Waals surface area contributed by atoms with E-state index in [9.17, 15) is 13.2 Å². The smallest absolute Gasteiger partial charge is 0.185 e. The summed E-state index contributed by atoms with van der Waals surface area (Å²) in [4.78, 5) is 12.3. The van der Waals surface area contributed by atoms with E-state index >= 15 is 0 Å². The van der Waals surface area contributed by atoms with Gasteiger partial charge in [0.25, 0.3) is 0 Å². The molecule has 2 rings (SSSR count). The molecule has 7 heteroatoms. The molecule has 0 aliphatic carbocycles. The zero-order chi connectivity index (χ0) is 14.9. The number of halogens is 2. The van der Waals surface area contributed by atoms with Crippen molar-refractivity contribution in [2.45, 2.75) is 11.8 Å². The minimum atomic E-state index is -3.62. The molecular formula is C13H10Br2O3S2. The van der Waals surface area contributed by atoms with Crippen LogP contribution in [0.5, 0.6) is 0 Å². The van der Waals surface area contributed by atoms with E-state index in [4.69, 9.17) is 0 Å². The highest BCUT2D eigenvalue weighted by Crippen LogP contribution is 2.32. The Morgan fingerprint density at radius 3 is 2.50 bits per heavy atom. The molecule has 0 amide bonds. The molecule has 1 aromatic carbocycles. The summed E-state index contributed by atoms with van der Waals surface area (Å²) >= 11 is 7.88. The molecule has 0 aliphatic rings. The number of aryl methyl sites for hydroxylation is 1. The average molecular weight is 438 g/mol. The third kappa shape index (κ3) is 3.58. The summed E-state index contributed by atoms with van der Waals surface area (Å²) in [6.45, 7) is 1.81. The molecule has 2 aromatic rings. The normalized spacial score (nSPS) is 11.6. The highest BCUT2D eigenvalue weighted by molar-refractivity contribution is 9.12. The zero-order valence-corrected chi connectivity index (χ0v) is 15.2. The maximum atomic E-state index is 12.2. The molecule has 1 aromatic heterocycles. The van der Waals surface area contributed by atoms with Crippen molar-refractivity contribution in [2.24, 2.45) is 0 Å². The van der Waals surface area contributed by atoms with Gasteiger partial charge < -0.3 is 0 Å². The third-order valence-corrected chi connectivity index (χ3v) is 6.58. The van der Waals surface area contributed by atoms with Gasteiger partial charge in [-0.05, 0) is 62.5 Å². The Hall–Kier alpha value is -0.500. The highest BCUT2D eigenvalue weighted by atomic mass is 79.9. The maximum absolute atomic E-state index is 12.2. The topological polar surface area (TPSA) is 51.2 Å². The van der Waals surface area contributed by atoms with Crippen LogP contribution in [0.1, 0.15) is 15.9 Å². The average Bonchev–Trinajstić information content (AvgIpc) is 2.68. The summed E-state index contributed by atoms with van der Waals surface area (Å²) in [6.07, 6.45) is 0. The predicted octanol–water partition coefficient (Wildman–Crippen LogP) is 4.24. The monoisotopic (exact) mass is 436 g/mol. The van der Waals surface area contributed by atoms with E-state index in [0.717, 1.165) is 9.35 Å². The zero-order valence-electron chi connectivity index (χ0n) is 10.4. The summed E-state index contributed by atoms with van der Waals surface area (Å²) < 4.78 is 25.9. The van der Waals surface area contributed by atoms with Gasteiger partial charge in [0.05, 0.1) is 12.5 Å². The van der Waals surface area contributed by atoms with Gasteiger partial charge in [0, 0.05) is 5.56 Å². The highest BCUT2D eigenvalue weighted by Gasteiger charge is 2.23. The summed E-state index contributed by atoms with van der Waals surface area (Å²) in [6, 6.07) is 8.19. The number of sulfone groups is 1. The molecule has 106 valence electrons. The lowest BCUT2D eigenvalue weighted by atomic mass is 10.2. The first-order valence-electron chi connectivity index (χ1n) is 5.57. The number of hydrogen-bond acceptors (Lipinski definition) is 4. The molecule has 0 bridgehead atoms. The lowest BCUT2D eigenvalue weighted by molar-refractivity contribution is 0.102. The fourth-order valence-corrected chi connectivity index (χ4v) is 5.85. The lowest BCUT2D eigenvalue weighted by Crippen LogP contribution is -2.16. The second kappa shape index (κ2) is 6.09. The van der Waals surface area contributed by atoms with Crippen molar-refractivity contribution in [1.82, 2.24) is 0 Å². The second-order valence-electron chi connectivity index (χ2n) is 4.24. The van der Waals surface area contributed by atoms with Crippen molar-refractivity contribution in [2.75, 3.05) is 5.75 Å². The van der Waals surface area contributed by atoms with E-state index in [1.165, 1.54) is 17.4 Å². The quantitative estimate of drug-likeness (QED) is 0.672. The third-order valence-electron chi connectivity index (χ3n) is 2.63. The molecule has 0 aliphatic heterocycles. The molecule has 0 fully saturated rings. The first kappa shape index (κ1) is 15.9. The van der Waals surface area contributed by atoms with Crippen molar-refractivity contribution < 1.29 is 13.2 Å². The fourth-order valence-electron chi connectivity index (χ4n) is 1.67. The summed E-state index contributed by atoms with van der Waals surface area (Å²) in [5.74, 6) is -0.946. The van der Waals surface area contributed by atoms with E-state index in [-0.39, 0.29) is 4.90 Å². The van der Waals surface area contributed by atoms with Crippen molar-refractivity contribution in [1.29, 1.82) is 0 Å². The molecule has 0 atom stereocenters. The Bertz CT molecular complexity index is 764. The first-order valence-corrected chi connectivity index (χ1v) is 9.62. The van der Waals surface area contributed by atoms with Crippen LogP contribution in [0, 0.1) is 6.92 Å². The van der Waals surface area contributed by atoms with E-state index in [0.29, 0.717) is 9.35 Å². The minimum Gasteiger partial charge on any atom is -0.293 e. The number of thiophene rings is 1. The van der Waals surface area contributed by atoms with Gasteiger partial charge in [-0.1, -0.05) is 12.1 Å². The van der Waals surface area contributed by atoms with Gasteiger partial charge in [-0.15, -0.1) is 11.3 Å². The number of ketones is 1. The van der Waals surface area contributed by atoms with Crippen molar-refractivity contribution in [3.63, 3.8) is 0 Å². The molecule has 0 unspecified atom stereocenters.